The third-order valence-electron chi connectivity index (χ3n) is 4.80. The summed E-state index contributed by atoms with van der Waals surface area (Å²) in [5.41, 5.74) is 3.83. The van der Waals surface area contributed by atoms with E-state index in [1.807, 2.05) is 46.9 Å². The highest BCUT2D eigenvalue weighted by atomic mass is 16.2. The van der Waals surface area contributed by atoms with E-state index in [1.54, 1.807) is 12.5 Å². The smallest absolute Gasteiger partial charge is 0.242 e. The normalized spacial score (nSPS) is 17.8. The maximum atomic E-state index is 12.8. The summed E-state index contributed by atoms with van der Waals surface area (Å²) in [6, 6.07) is 7.89. The first-order valence-corrected chi connectivity index (χ1v) is 8.67. The average Bonchev–Trinajstić information content (AvgIpc) is 3.05. The van der Waals surface area contributed by atoms with Crippen LogP contribution >= 0.6 is 0 Å². The van der Waals surface area contributed by atoms with Gasteiger partial charge < -0.3 is 9.47 Å². The second-order valence-electron chi connectivity index (χ2n) is 6.63. The molecular formula is C19H21N5O. The number of carbonyl (C=O) groups is 1. The van der Waals surface area contributed by atoms with Crippen LogP contribution in [0.5, 0.6) is 0 Å². The zero-order valence-electron chi connectivity index (χ0n) is 14.3. The van der Waals surface area contributed by atoms with Crippen LogP contribution in [0.2, 0.25) is 0 Å². The summed E-state index contributed by atoms with van der Waals surface area (Å²) in [7, 11) is 0. The maximum Gasteiger partial charge on any atom is 0.242 e. The van der Waals surface area contributed by atoms with Crippen LogP contribution in [0.4, 0.5) is 0 Å². The molecule has 3 aromatic rings. The van der Waals surface area contributed by atoms with Gasteiger partial charge in [-0.15, -0.1) is 0 Å². The molecule has 1 saturated heterocycles. The van der Waals surface area contributed by atoms with Crippen LogP contribution in [-0.2, 0) is 11.3 Å². The summed E-state index contributed by atoms with van der Waals surface area (Å²) in [5.74, 6) is 0.401. The molecule has 1 aliphatic heterocycles. The molecule has 4 rings (SSSR count). The molecule has 3 heterocycles. The molecule has 1 aromatic carbocycles. The molecule has 1 aliphatic rings. The predicted octanol–water partition coefficient (Wildman–Crippen LogP) is 2.54. The number of aromatic nitrogens is 4. The molecule has 0 bridgehead atoms. The second kappa shape index (κ2) is 6.63. The van der Waals surface area contributed by atoms with E-state index in [0.717, 1.165) is 41.8 Å². The van der Waals surface area contributed by atoms with Crippen molar-refractivity contribution in [2.45, 2.75) is 32.2 Å². The largest absolute Gasteiger partial charge is 0.340 e. The lowest BCUT2D eigenvalue weighted by Gasteiger charge is -2.32. The van der Waals surface area contributed by atoms with Gasteiger partial charge in [0, 0.05) is 31.4 Å². The number of likely N-dealkylation sites (tertiary alicyclic amines) is 1. The third-order valence-corrected chi connectivity index (χ3v) is 4.80. The molecular weight excluding hydrogens is 314 g/mol. The van der Waals surface area contributed by atoms with E-state index >= 15 is 0 Å². The maximum absolute atomic E-state index is 12.8. The van der Waals surface area contributed by atoms with Gasteiger partial charge in [0.2, 0.25) is 5.91 Å². The number of aryl methyl sites for hydroxylation is 1. The quantitative estimate of drug-likeness (QED) is 0.738. The van der Waals surface area contributed by atoms with Crippen molar-refractivity contribution in [1.29, 1.82) is 0 Å². The van der Waals surface area contributed by atoms with E-state index in [9.17, 15) is 4.79 Å². The summed E-state index contributed by atoms with van der Waals surface area (Å²) in [6.45, 7) is 3.80. The number of hydrogen-bond acceptors (Lipinski definition) is 4. The van der Waals surface area contributed by atoms with Crippen molar-refractivity contribution in [1.82, 2.24) is 24.4 Å². The van der Waals surface area contributed by atoms with Gasteiger partial charge in [-0.25, -0.2) is 4.98 Å². The summed E-state index contributed by atoms with van der Waals surface area (Å²) >= 11 is 0. The van der Waals surface area contributed by atoms with Gasteiger partial charge in [0.1, 0.15) is 6.54 Å². The highest BCUT2D eigenvalue weighted by Crippen LogP contribution is 2.25. The molecule has 1 atom stereocenters. The van der Waals surface area contributed by atoms with Gasteiger partial charge in [0.25, 0.3) is 0 Å². The number of amides is 1. The van der Waals surface area contributed by atoms with Crippen LogP contribution < -0.4 is 0 Å². The average molecular weight is 335 g/mol. The van der Waals surface area contributed by atoms with Crippen molar-refractivity contribution >= 4 is 16.9 Å². The molecule has 0 N–H and O–H groups in total. The molecule has 1 fully saturated rings. The van der Waals surface area contributed by atoms with Gasteiger partial charge in [0.15, 0.2) is 0 Å². The van der Waals surface area contributed by atoms with Crippen LogP contribution in [0, 0.1) is 6.92 Å². The van der Waals surface area contributed by atoms with Gasteiger partial charge in [-0.3, -0.25) is 14.8 Å². The Bertz CT molecular complexity index is 903. The molecule has 6 heteroatoms. The van der Waals surface area contributed by atoms with E-state index in [4.69, 9.17) is 0 Å². The lowest BCUT2D eigenvalue weighted by atomic mass is 9.95. The van der Waals surface area contributed by atoms with Gasteiger partial charge in [-0.2, -0.15) is 0 Å². The van der Waals surface area contributed by atoms with Gasteiger partial charge >= 0.3 is 0 Å². The molecule has 0 radical (unpaired) electrons. The Kier molecular flexibility index (Phi) is 4.17. The fourth-order valence-corrected chi connectivity index (χ4v) is 3.51. The highest BCUT2D eigenvalue weighted by Gasteiger charge is 2.26. The van der Waals surface area contributed by atoms with E-state index in [1.165, 1.54) is 0 Å². The predicted molar refractivity (Wildman–Crippen MR) is 95.1 cm³/mol. The molecule has 0 aliphatic carbocycles. The SMILES string of the molecule is Cc1cncc([C@H]2CCCN(C(=O)Cn3cnc4ccccc43)C2)n1. The minimum atomic E-state index is 0.133. The van der Waals surface area contributed by atoms with Crippen molar-refractivity contribution in [2.24, 2.45) is 0 Å². The Morgan fingerprint density at radius 2 is 2.16 bits per heavy atom. The fraction of sp³-hybridized carbons (Fsp3) is 0.368. The van der Waals surface area contributed by atoms with E-state index < -0.39 is 0 Å². The zero-order valence-corrected chi connectivity index (χ0v) is 14.3. The van der Waals surface area contributed by atoms with Crippen molar-refractivity contribution < 1.29 is 4.79 Å². The number of benzene rings is 1. The topological polar surface area (TPSA) is 63.9 Å². The zero-order chi connectivity index (χ0) is 17.2. The minimum absolute atomic E-state index is 0.133. The number of para-hydroxylation sites is 2. The molecule has 6 nitrogen and oxygen atoms in total. The van der Waals surface area contributed by atoms with E-state index in [-0.39, 0.29) is 11.8 Å². The Morgan fingerprint density at radius 1 is 1.28 bits per heavy atom. The number of fused-ring (bicyclic) bond motifs is 1. The van der Waals surface area contributed by atoms with E-state index in [2.05, 4.69) is 15.0 Å². The minimum Gasteiger partial charge on any atom is -0.340 e. The summed E-state index contributed by atoms with van der Waals surface area (Å²) in [5, 5.41) is 0. The molecule has 0 spiro atoms. The molecule has 0 unspecified atom stereocenters. The van der Waals surface area contributed by atoms with E-state index in [0.29, 0.717) is 13.1 Å². The number of rotatable bonds is 3. The van der Waals surface area contributed by atoms with Crippen LogP contribution in [0.25, 0.3) is 11.0 Å². The first-order chi connectivity index (χ1) is 12.2. The fourth-order valence-electron chi connectivity index (χ4n) is 3.51. The first kappa shape index (κ1) is 15.7. The molecule has 2 aromatic heterocycles. The van der Waals surface area contributed by atoms with Gasteiger partial charge in [0.05, 0.1) is 28.7 Å². The molecule has 25 heavy (non-hydrogen) atoms. The third kappa shape index (κ3) is 3.24. The Hall–Kier alpha value is -2.76. The Labute approximate surface area is 146 Å². The van der Waals surface area contributed by atoms with Crippen molar-refractivity contribution in [2.75, 3.05) is 13.1 Å². The van der Waals surface area contributed by atoms with Crippen LogP contribution in [0.1, 0.15) is 30.1 Å². The van der Waals surface area contributed by atoms with Gasteiger partial charge in [-0.1, -0.05) is 12.1 Å². The van der Waals surface area contributed by atoms with Gasteiger partial charge in [-0.05, 0) is 31.9 Å². The molecule has 0 saturated carbocycles. The van der Waals surface area contributed by atoms with Crippen molar-refractivity contribution in [3.05, 3.63) is 54.4 Å². The van der Waals surface area contributed by atoms with Crippen LogP contribution in [0.3, 0.4) is 0 Å². The van der Waals surface area contributed by atoms with Crippen LogP contribution in [-0.4, -0.2) is 43.4 Å². The molecule has 128 valence electrons. The number of nitrogens with zero attached hydrogens (tertiary/aromatic N) is 5. The summed E-state index contributed by atoms with van der Waals surface area (Å²) < 4.78 is 1.92. The lowest BCUT2D eigenvalue weighted by Crippen LogP contribution is -2.41. The van der Waals surface area contributed by atoms with Crippen molar-refractivity contribution in [3.63, 3.8) is 0 Å². The summed E-state index contributed by atoms with van der Waals surface area (Å²) in [6.07, 6.45) is 7.39. The molecule has 1 amide bonds. The Balaban J connectivity index is 1.48. The highest BCUT2D eigenvalue weighted by molar-refractivity contribution is 5.80. The summed E-state index contributed by atoms with van der Waals surface area (Å²) in [4.78, 5) is 27.9. The number of hydrogen-bond donors (Lipinski definition) is 0. The second-order valence-corrected chi connectivity index (χ2v) is 6.63. The first-order valence-electron chi connectivity index (χ1n) is 8.67. The Morgan fingerprint density at radius 3 is 3.04 bits per heavy atom. The number of imidazole rings is 1. The monoisotopic (exact) mass is 335 g/mol. The van der Waals surface area contributed by atoms with Crippen LogP contribution in [0.15, 0.2) is 43.0 Å². The lowest BCUT2D eigenvalue weighted by molar-refractivity contribution is -0.133. The number of piperidine rings is 1. The standard InChI is InChI=1S/C19H21N5O/c1-14-9-20-10-17(22-14)15-5-4-8-23(11-15)19(25)12-24-13-21-16-6-2-3-7-18(16)24/h2-3,6-7,9-10,13,15H,4-5,8,11-12H2,1H3/t15-/m0/s1. The number of carbonyl (C=O) groups excluding carboxylic acids is 1. The van der Waals surface area contributed by atoms with Crippen molar-refractivity contribution in [3.8, 4) is 0 Å².